The molecule has 4 nitrogen and oxygen atoms in total. The molecule has 1 aliphatic carbocycles. The monoisotopic (exact) mass is 456 g/mol. The highest BCUT2D eigenvalue weighted by Crippen LogP contribution is 2.43. The lowest BCUT2D eigenvalue weighted by Crippen LogP contribution is -2.35. The Balaban J connectivity index is 1.39. The molecule has 0 saturated carbocycles. The minimum atomic E-state index is -1.36. The second-order valence-electron chi connectivity index (χ2n) is 8.76. The zero-order valence-electron chi connectivity index (χ0n) is 19.9. The van der Waals surface area contributed by atoms with Gasteiger partial charge in [0.15, 0.2) is 5.60 Å². The average Bonchev–Trinajstić information content (AvgIpc) is 3.18. The first-order valence-corrected chi connectivity index (χ1v) is 12.0. The van der Waals surface area contributed by atoms with Gasteiger partial charge in [0.2, 0.25) is 0 Å². The number of benzene rings is 3. The van der Waals surface area contributed by atoms with Crippen molar-refractivity contribution in [2.45, 2.75) is 45.1 Å². The molecule has 0 aliphatic heterocycles. The van der Waals surface area contributed by atoms with Gasteiger partial charge in [0.25, 0.3) is 0 Å². The van der Waals surface area contributed by atoms with Gasteiger partial charge in [-0.2, -0.15) is 0 Å². The number of rotatable bonds is 11. The summed E-state index contributed by atoms with van der Waals surface area (Å²) in [4.78, 5) is 11.9. The van der Waals surface area contributed by atoms with Crippen LogP contribution in [0.4, 0.5) is 0 Å². The quantitative estimate of drug-likeness (QED) is 0.245. The molecule has 1 N–H and O–H groups in total. The molecule has 0 fully saturated rings. The normalized spacial score (nSPS) is 13.6. The molecule has 0 saturated heterocycles. The van der Waals surface area contributed by atoms with Crippen LogP contribution in [-0.2, 0) is 15.1 Å². The number of fused-ring (bicyclic) bond motifs is 3. The van der Waals surface area contributed by atoms with Gasteiger partial charge in [0.05, 0.1) is 6.61 Å². The van der Waals surface area contributed by atoms with Crippen LogP contribution in [0.3, 0.4) is 0 Å². The van der Waals surface area contributed by atoms with E-state index in [1.165, 1.54) is 27.8 Å². The Morgan fingerprint density at radius 2 is 1.44 bits per heavy atom. The van der Waals surface area contributed by atoms with Crippen LogP contribution in [0.2, 0.25) is 0 Å². The van der Waals surface area contributed by atoms with E-state index >= 15 is 0 Å². The Hall–Kier alpha value is -3.37. The maximum absolute atomic E-state index is 11.9. The highest BCUT2D eigenvalue weighted by molar-refractivity contribution is 6.01. The second-order valence-corrected chi connectivity index (χ2v) is 8.76. The first-order chi connectivity index (χ1) is 16.5. The summed E-state index contributed by atoms with van der Waals surface area (Å²) in [7, 11) is 0. The van der Waals surface area contributed by atoms with E-state index < -0.39 is 11.6 Å². The summed E-state index contributed by atoms with van der Waals surface area (Å²) < 4.78 is 11.7. The van der Waals surface area contributed by atoms with Gasteiger partial charge in [0, 0.05) is 13.0 Å². The lowest BCUT2D eigenvalue weighted by molar-refractivity contribution is -0.165. The molecule has 0 radical (unpaired) electrons. The van der Waals surface area contributed by atoms with Gasteiger partial charge in [-0.25, -0.2) is 4.79 Å². The topological polar surface area (TPSA) is 55.8 Å². The summed E-state index contributed by atoms with van der Waals surface area (Å²) in [5, 5.41) is 9.77. The van der Waals surface area contributed by atoms with Crippen molar-refractivity contribution >= 4 is 11.5 Å². The fraction of sp³-hybridized carbons (Fsp3) is 0.300. The van der Waals surface area contributed by atoms with Gasteiger partial charge in [0.1, 0.15) is 5.75 Å². The van der Waals surface area contributed by atoms with E-state index in [9.17, 15) is 9.90 Å². The van der Waals surface area contributed by atoms with E-state index in [1.54, 1.807) is 19.1 Å². The van der Waals surface area contributed by atoms with Crippen LogP contribution in [0.15, 0.2) is 78.9 Å². The lowest BCUT2D eigenvalue weighted by atomic mass is 9.95. The Bertz CT molecular complexity index is 1110. The number of hydrogen-bond donors (Lipinski definition) is 1. The molecule has 176 valence electrons. The number of ether oxygens (including phenoxy) is 2. The van der Waals surface area contributed by atoms with Crippen molar-refractivity contribution in [3.63, 3.8) is 0 Å². The maximum Gasteiger partial charge on any atom is 0.340 e. The molecule has 1 aliphatic rings. The molecular weight excluding hydrogens is 424 g/mol. The largest absolute Gasteiger partial charge is 0.493 e. The first kappa shape index (κ1) is 23.8. The van der Waals surface area contributed by atoms with Crippen molar-refractivity contribution in [3.8, 4) is 16.9 Å². The highest BCUT2D eigenvalue weighted by atomic mass is 16.5. The Morgan fingerprint density at radius 1 is 0.853 bits per heavy atom. The molecular formula is C30H32O4. The molecule has 0 aromatic heterocycles. The zero-order chi connectivity index (χ0) is 24.0. The van der Waals surface area contributed by atoms with Gasteiger partial charge >= 0.3 is 5.97 Å². The van der Waals surface area contributed by atoms with Crippen LogP contribution in [0.5, 0.6) is 5.75 Å². The fourth-order valence-corrected chi connectivity index (χ4v) is 4.42. The molecule has 1 atom stereocenters. The Labute approximate surface area is 201 Å². The van der Waals surface area contributed by atoms with E-state index in [1.807, 2.05) is 12.1 Å². The number of aliphatic carboxylic acids is 1. The highest BCUT2D eigenvalue weighted by Gasteiger charge is 2.36. The Morgan fingerprint density at radius 3 is 2.00 bits per heavy atom. The lowest BCUT2D eigenvalue weighted by Gasteiger charge is -2.26. The van der Waals surface area contributed by atoms with E-state index in [2.05, 4.69) is 61.5 Å². The number of hydrogen-bond acceptors (Lipinski definition) is 3. The Kier molecular flexibility index (Phi) is 7.49. The molecule has 1 unspecified atom stereocenters. The van der Waals surface area contributed by atoms with Crippen LogP contribution in [-0.4, -0.2) is 24.3 Å². The molecule has 3 aromatic carbocycles. The van der Waals surface area contributed by atoms with Crippen molar-refractivity contribution in [2.24, 2.45) is 0 Å². The number of carbonyl (C=O) groups is 1. The molecule has 0 amide bonds. The first-order valence-electron chi connectivity index (χ1n) is 12.0. The van der Waals surface area contributed by atoms with E-state index in [-0.39, 0.29) is 0 Å². The van der Waals surface area contributed by atoms with Gasteiger partial charge in [-0.15, -0.1) is 0 Å². The third kappa shape index (κ3) is 4.92. The summed E-state index contributed by atoms with van der Waals surface area (Å²) in [6.07, 6.45) is 5.95. The molecule has 3 aromatic rings. The van der Waals surface area contributed by atoms with E-state index in [0.717, 1.165) is 25.7 Å². The molecule has 4 heteroatoms. The summed E-state index contributed by atoms with van der Waals surface area (Å²) >= 11 is 0. The number of unbranched alkanes of at least 4 members (excludes halogenated alkanes) is 2. The minimum absolute atomic E-state index is 0.426. The SMILES string of the molecule is CCCCCOC(C)(C(=O)O)c1ccc(OCCC=C2c3ccccc3-c3ccccc32)cc1. The standard InChI is InChI=1S/C30H32O4/c1-3-4-9-21-34-30(2,29(31)32)22-16-18-23(19-17-22)33-20-10-15-28-26-13-7-5-11-24(26)25-12-6-8-14-27(25)28/h5-8,11-19H,3-4,9-10,20-21H2,1-2H3,(H,31,32). The molecule has 0 bridgehead atoms. The van der Waals surface area contributed by atoms with Gasteiger partial charge in [-0.1, -0.05) is 86.5 Å². The van der Waals surface area contributed by atoms with Crippen molar-refractivity contribution in [1.82, 2.24) is 0 Å². The molecule has 0 spiro atoms. The third-order valence-corrected chi connectivity index (χ3v) is 6.41. The maximum atomic E-state index is 11.9. The van der Waals surface area contributed by atoms with E-state index in [4.69, 9.17) is 9.47 Å². The van der Waals surface area contributed by atoms with Crippen molar-refractivity contribution in [1.29, 1.82) is 0 Å². The summed E-state index contributed by atoms with van der Waals surface area (Å²) in [5.41, 5.74) is 5.59. The molecule has 4 rings (SSSR count). The van der Waals surface area contributed by atoms with Crippen molar-refractivity contribution in [3.05, 3.63) is 95.6 Å². The number of carboxylic acid groups (broad SMARTS) is 1. The number of carboxylic acids is 1. The summed E-state index contributed by atoms with van der Waals surface area (Å²) in [6.45, 7) is 4.68. The van der Waals surface area contributed by atoms with Gasteiger partial charge in [-0.3, -0.25) is 0 Å². The van der Waals surface area contributed by atoms with Crippen LogP contribution in [0, 0.1) is 0 Å². The van der Waals surface area contributed by atoms with Crippen LogP contribution in [0.1, 0.15) is 56.2 Å². The molecule has 34 heavy (non-hydrogen) atoms. The van der Waals surface area contributed by atoms with E-state index in [0.29, 0.717) is 24.5 Å². The zero-order valence-corrected chi connectivity index (χ0v) is 19.9. The van der Waals surface area contributed by atoms with Crippen molar-refractivity contribution in [2.75, 3.05) is 13.2 Å². The minimum Gasteiger partial charge on any atom is -0.493 e. The smallest absolute Gasteiger partial charge is 0.340 e. The van der Waals surface area contributed by atoms with Gasteiger partial charge < -0.3 is 14.6 Å². The molecule has 0 heterocycles. The summed E-state index contributed by atoms with van der Waals surface area (Å²) in [6, 6.07) is 24.2. The van der Waals surface area contributed by atoms with Crippen molar-refractivity contribution < 1.29 is 19.4 Å². The van der Waals surface area contributed by atoms with Crippen LogP contribution in [0.25, 0.3) is 16.7 Å². The second kappa shape index (κ2) is 10.7. The fourth-order valence-electron chi connectivity index (χ4n) is 4.42. The predicted molar refractivity (Wildman–Crippen MR) is 136 cm³/mol. The average molecular weight is 457 g/mol. The summed E-state index contributed by atoms with van der Waals surface area (Å²) in [5.74, 6) is -0.269. The predicted octanol–water partition coefficient (Wildman–Crippen LogP) is 7.07. The van der Waals surface area contributed by atoms with Gasteiger partial charge in [-0.05, 0) is 58.9 Å². The third-order valence-electron chi connectivity index (χ3n) is 6.41. The van der Waals surface area contributed by atoms with Crippen LogP contribution >= 0.6 is 0 Å². The van der Waals surface area contributed by atoms with Crippen LogP contribution < -0.4 is 4.74 Å².